The molecule has 1 heterocycles. The Balaban J connectivity index is 0.0000137. The Morgan fingerprint density at radius 1 is 0.632 bits per heavy atom. The zero-order valence-corrected chi connectivity index (χ0v) is 25.6. The van der Waals surface area contributed by atoms with Crippen molar-refractivity contribution in [1.29, 1.82) is 0 Å². The number of nitrogens with zero attached hydrogens (tertiary/aromatic N) is 2. The van der Waals surface area contributed by atoms with E-state index < -0.39 is 0 Å². The van der Waals surface area contributed by atoms with Crippen molar-refractivity contribution < 1.29 is 40.5 Å². The molecule has 0 aromatic carbocycles. The van der Waals surface area contributed by atoms with Gasteiger partial charge in [0.2, 0.25) is 0 Å². The Morgan fingerprint density at radius 3 is 1.29 bits per heavy atom. The summed E-state index contributed by atoms with van der Waals surface area (Å²) in [7, 11) is 0. The fourth-order valence-electron chi connectivity index (χ4n) is 4.99. The van der Waals surface area contributed by atoms with Crippen molar-refractivity contribution in [2.45, 2.75) is 116 Å². The summed E-state index contributed by atoms with van der Waals surface area (Å²) in [5, 5.41) is 0. The van der Waals surface area contributed by atoms with E-state index in [1.807, 2.05) is 0 Å². The number of rotatable bonds is 26. The maximum Gasteiger partial charge on any atom is 0.330 e. The summed E-state index contributed by atoms with van der Waals surface area (Å²) < 4.78 is 11.1. The van der Waals surface area contributed by atoms with E-state index in [1.54, 1.807) is 0 Å². The van der Waals surface area contributed by atoms with E-state index in [4.69, 9.17) is 9.47 Å². The summed E-state index contributed by atoms with van der Waals surface area (Å²) in [5.41, 5.74) is 0. The van der Waals surface area contributed by atoms with Gasteiger partial charge in [-0.3, -0.25) is 4.48 Å². The lowest BCUT2D eigenvalue weighted by atomic mass is 10.1. The molecule has 0 aromatic heterocycles. The Kier molecular flexibility index (Phi) is 24.8. The van der Waals surface area contributed by atoms with E-state index in [0.717, 1.165) is 36.7 Å². The van der Waals surface area contributed by atoms with Crippen LogP contribution in [0, 0.1) is 0 Å². The Bertz CT molecular complexity index is 610. The molecule has 0 fully saturated rings. The van der Waals surface area contributed by atoms with E-state index in [2.05, 4.69) is 24.5 Å². The normalized spacial score (nSPS) is 13.6. The molecule has 1 aliphatic heterocycles. The molecular weight excluding hydrogens is 544 g/mol. The minimum Gasteiger partial charge on any atom is -1.00 e. The Hall–Kier alpha value is -1.47. The third kappa shape index (κ3) is 20.5. The lowest BCUT2D eigenvalue weighted by molar-refractivity contribution is -0.829. The van der Waals surface area contributed by atoms with Crippen molar-refractivity contribution >= 4 is 18.3 Å². The van der Waals surface area contributed by atoms with Crippen LogP contribution < -0.4 is 17.0 Å². The predicted octanol–water partition coefficient (Wildman–Crippen LogP) is 4.33. The van der Waals surface area contributed by atoms with Crippen molar-refractivity contribution in [2.24, 2.45) is 4.99 Å². The van der Waals surface area contributed by atoms with Crippen LogP contribution in [-0.2, 0) is 19.1 Å². The first kappa shape index (κ1) is 36.5. The maximum atomic E-state index is 11.0. The van der Waals surface area contributed by atoms with Crippen molar-refractivity contribution in [3.8, 4) is 0 Å². The minimum atomic E-state index is -0.314. The van der Waals surface area contributed by atoms with Gasteiger partial charge in [-0.2, -0.15) is 0 Å². The highest BCUT2D eigenvalue weighted by atomic mass is 79.9. The van der Waals surface area contributed by atoms with Gasteiger partial charge in [-0.25, -0.2) is 14.6 Å². The average Bonchev–Trinajstić information content (AvgIpc) is 3.38. The predicted molar refractivity (Wildman–Crippen MR) is 154 cm³/mol. The molecule has 0 bridgehead atoms. The highest BCUT2D eigenvalue weighted by molar-refractivity contribution is 5.81. The molecule has 0 unspecified atom stereocenters. The third-order valence-corrected chi connectivity index (χ3v) is 7.32. The van der Waals surface area contributed by atoms with Crippen LogP contribution in [-0.4, -0.2) is 62.2 Å². The molecule has 0 radical (unpaired) electrons. The fraction of sp³-hybridized carbons (Fsp3) is 0.774. The van der Waals surface area contributed by atoms with Crippen LogP contribution in [0.25, 0.3) is 0 Å². The van der Waals surface area contributed by atoms with E-state index >= 15 is 0 Å². The van der Waals surface area contributed by atoms with E-state index in [-0.39, 0.29) is 28.9 Å². The highest BCUT2D eigenvalue weighted by Gasteiger charge is 2.27. The number of unbranched alkanes of at least 4 members (excludes halogenated alkanes) is 16. The molecule has 0 atom stereocenters. The quantitative estimate of drug-likeness (QED) is 0.0643. The summed E-state index contributed by atoms with van der Waals surface area (Å²) in [6.45, 7) is 12.6. The summed E-state index contributed by atoms with van der Waals surface area (Å²) in [5.74, 6) is -0.628. The van der Waals surface area contributed by atoms with Crippen LogP contribution in [0.15, 0.2) is 30.3 Å². The number of aliphatic imine (C=N–C) groups is 1. The number of carbonyl (C=O) groups is 2. The van der Waals surface area contributed by atoms with Gasteiger partial charge in [0.1, 0.15) is 6.54 Å². The van der Waals surface area contributed by atoms with Crippen molar-refractivity contribution in [3.05, 3.63) is 25.3 Å². The first-order valence-corrected chi connectivity index (χ1v) is 15.1. The Labute approximate surface area is 243 Å². The second-order valence-electron chi connectivity index (χ2n) is 10.5. The summed E-state index contributed by atoms with van der Waals surface area (Å²) in [4.78, 5) is 26.5. The second-order valence-corrected chi connectivity index (χ2v) is 10.5. The zero-order chi connectivity index (χ0) is 26.9. The molecule has 0 spiro atoms. The highest BCUT2D eigenvalue weighted by Crippen LogP contribution is 2.17. The summed E-state index contributed by atoms with van der Waals surface area (Å²) in [6.07, 6.45) is 27.2. The molecule has 6 nitrogen and oxygen atoms in total. The topological polar surface area (TPSA) is 65.0 Å². The van der Waals surface area contributed by atoms with Gasteiger partial charge in [-0.15, -0.1) is 0 Å². The zero-order valence-electron chi connectivity index (χ0n) is 24.0. The molecule has 38 heavy (non-hydrogen) atoms. The van der Waals surface area contributed by atoms with Crippen molar-refractivity contribution in [1.82, 2.24) is 0 Å². The van der Waals surface area contributed by atoms with Gasteiger partial charge < -0.3 is 26.5 Å². The number of hydrogen-bond acceptors (Lipinski definition) is 5. The number of ether oxygens (including phenoxy) is 2. The Morgan fingerprint density at radius 2 is 0.974 bits per heavy atom. The number of carbonyl (C=O) groups excluding carboxylic acids is 2. The molecule has 0 saturated heterocycles. The smallest absolute Gasteiger partial charge is 0.330 e. The second kappa shape index (κ2) is 25.8. The minimum absolute atomic E-state index is 0. The molecular formula is C31H55BrN2O4. The SMILES string of the molecule is C=CC(=O)OCCCCCCCCCCC[N+]1(CCCCCCCCCCCOC(=O)C=C)C=NCC1.[Br-]. The standard InChI is InChI=1S/C31H55N2O4.BrH/c1-3-30(34)36-27-21-17-13-9-5-7-11-15-19-24-33(26-23-32-29-33)25-20-16-12-8-6-10-14-18-22-28-37-31(35)4-2;/h3-4,29H,1-2,5-28H2;1H/q+1;/p-1. The monoisotopic (exact) mass is 598 g/mol. The molecule has 0 aliphatic carbocycles. The van der Waals surface area contributed by atoms with Gasteiger partial charge in [0.15, 0.2) is 6.34 Å². The molecule has 220 valence electrons. The largest absolute Gasteiger partial charge is 1.00 e. The first-order valence-electron chi connectivity index (χ1n) is 15.1. The van der Waals surface area contributed by atoms with Crippen molar-refractivity contribution in [2.75, 3.05) is 39.4 Å². The van der Waals surface area contributed by atoms with Crippen LogP contribution in [0.5, 0.6) is 0 Å². The molecule has 1 aliphatic rings. The molecule has 0 N–H and O–H groups in total. The summed E-state index contributed by atoms with van der Waals surface area (Å²) >= 11 is 0. The molecule has 0 amide bonds. The van der Waals surface area contributed by atoms with Crippen LogP contribution in [0.4, 0.5) is 0 Å². The number of esters is 2. The van der Waals surface area contributed by atoms with Crippen LogP contribution in [0.2, 0.25) is 0 Å². The van der Waals surface area contributed by atoms with E-state index in [9.17, 15) is 9.59 Å². The van der Waals surface area contributed by atoms with Crippen LogP contribution >= 0.6 is 0 Å². The van der Waals surface area contributed by atoms with Gasteiger partial charge in [0, 0.05) is 12.2 Å². The first-order chi connectivity index (χ1) is 18.1. The average molecular weight is 600 g/mol. The molecule has 7 heteroatoms. The summed E-state index contributed by atoms with van der Waals surface area (Å²) in [6, 6.07) is 0. The van der Waals surface area contributed by atoms with Crippen molar-refractivity contribution in [3.63, 3.8) is 0 Å². The third-order valence-electron chi connectivity index (χ3n) is 7.32. The number of quaternary nitrogens is 1. The molecule has 0 aromatic rings. The lowest BCUT2D eigenvalue weighted by Gasteiger charge is -2.30. The van der Waals surface area contributed by atoms with Crippen LogP contribution in [0.3, 0.4) is 0 Å². The maximum absolute atomic E-state index is 11.0. The van der Waals surface area contributed by atoms with Gasteiger partial charge in [-0.05, 0) is 38.5 Å². The van der Waals surface area contributed by atoms with Gasteiger partial charge >= 0.3 is 11.9 Å². The molecule has 0 saturated carbocycles. The van der Waals surface area contributed by atoms with Gasteiger partial charge in [0.05, 0.1) is 32.8 Å². The van der Waals surface area contributed by atoms with E-state index in [1.165, 1.54) is 122 Å². The molecule has 1 rings (SSSR count). The number of halogens is 1. The lowest BCUT2D eigenvalue weighted by Crippen LogP contribution is -3.00. The van der Waals surface area contributed by atoms with Gasteiger partial charge in [0.25, 0.3) is 0 Å². The van der Waals surface area contributed by atoms with Gasteiger partial charge in [-0.1, -0.05) is 90.2 Å². The van der Waals surface area contributed by atoms with E-state index in [0.29, 0.717) is 13.2 Å². The number of hydrogen-bond donors (Lipinski definition) is 0. The fourth-order valence-corrected chi connectivity index (χ4v) is 4.99. The van der Waals surface area contributed by atoms with Crippen LogP contribution in [0.1, 0.15) is 116 Å².